The number of fused-ring (bicyclic) bond motifs is 1. The molecule has 1 amide bonds. The summed E-state index contributed by atoms with van der Waals surface area (Å²) in [5.41, 5.74) is 6.48. The summed E-state index contributed by atoms with van der Waals surface area (Å²) in [6.45, 7) is 8.24. The van der Waals surface area contributed by atoms with E-state index in [4.69, 9.17) is 21.3 Å². The van der Waals surface area contributed by atoms with Crippen molar-refractivity contribution >= 4 is 28.5 Å². The molecule has 1 aromatic heterocycles. The van der Waals surface area contributed by atoms with Crippen LogP contribution in [0.3, 0.4) is 0 Å². The van der Waals surface area contributed by atoms with Crippen LogP contribution in [0, 0.1) is 20.8 Å². The van der Waals surface area contributed by atoms with Gasteiger partial charge >= 0.3 is 0 Å². The van der Waals surface area contributed by atoms with Gasteiger partial charge in [-0.05, 0) is 86.6 Å². The van der Waals surface area contributed by atoms with E-state index >= 15 is 0 Å². The third-order valence-corrected chi connectivity index (χ3v) is 7.30. The summed E-state index contributed by atoms with van der Waals surface area (Å²) in [7, 11) is 0. The van der Waals surface area contributed by atoms with Crippen molar-refractivity contribution in [3.8, 4) is 5.75 Å². The van der Waals surface area contributed by atoms with Crippen LogP contribution in [0.4, 0.5) is 0 Å². The number of nitrogens with zero attached hydrogens (tertiary/aromatic N) is 2. The molecule has 0 aliphatic carbocycles. The number of nitrogens with one attached hydrogen (secondary N) is 1. The highest BCUT2D eigenvalue weighted by Crippen LogP contribution is 2.26. The normalized spacial score (nSPS) is 11.1. The lowest BCUT2D eigenvalue weighted by molar-refractivity contribution is -0.120. The predicted octanol–water partition coefficient (Wildman–Crippen LogP) is 6.77. The van der Waals surface area contributed by atoms with Crippen molar-refractivity contribution in [2.24, 2.45) is 0 Å². The molecule has 0 spiro atoms. The summed E-state index contributed by atoms with van der Waals surface area (Å²) in [5.74, 6) is 2.01. The van der Waals surface area contributed by atoms with Crippen LogP contribution in [0.15, 0.2) is 60.7 Å². The van der Waals surface area contributed by atoms with Crippen molar-refractivity contribution in [3.05, 3.63) is 93.8 Å². The molecule has 37 heavy (non-hydrogen) atoms. The second-order valence-electron chi connectivity index (χ2n) is 9.65. The van der Waals surface area contributed by atoms with Gasteiger partial charge in [0.25, 0.3) is 0 Å². The Morgan fingerprint density at radius 3 is 2.46 bits per heavy atom. The Labute approximate surface area is 224 Å². The van der Waals surface area contributed by atoms with E-state index in [-0.39, 0.29) is 5.91 Å². The smallest absolute Gasteiger partial charge is 0.224 e. The van der Waals surface area contributed by atoms with Gasteiger partial charge in [-0.2, -0.15) is 0 Å². The molecule has 0 radical (unpaired) electrons. The number of hydrogen-bond acceptors (Lipinski definition) is 3. The van der Waals surface area contributed by atoms with E-state index < -0.39 is 0 Å². The highest BCUT2D eigenvalue weighted by Gasteiger charge is 2.11. The Hall–Kier alpha value is -3.31. The van der Waals surface area contributed by atoms with Crippen LogP contribution in [0.5, 0.6) is 5.75 Å². The lowest BCUT2D eigenvalue weighted by Gasteiger charge is -2.12. The van der Waals surface area contributed by atoms with Gasteiger partial charge in [0.15, 0.2) is 0 Å². The van der Waals surface area contributed by atoms with Crippen LogP contribution in [0.2, 0.25) is 5.02 Å². The number of imidazole rings is 1. The van der Waals surface area contributed by atoms with Crippen molar-refractivity contribution in [2.45, 2.75) is 59.4 Å². The first kappa shape index (κ1) is 26.7. The van der Waals surface area contributed by atoms with Gasteiger partial charge in [-0.25, -0.2) is 4.98 Å². The average Bonchev–Trinajstić information content (AvgIpc) is 3.23. The summed E-state index contributed by atoms with van der Waals surface area (Å²) in [4.78, 5) is 17.3. The van der Waals surface area contributed by atoms with Crippen molar-refractivity contribution in [3.63, 3.8) is 0 Å². The molecular formula is C31H36ClN3O2. The van der Waals surface area contributed by atoms with Crippen LogP contribution in [0.1, 0.15) is 47.3 Å². The summed E-state index contributed by atoms with van der Waals surface area (Å²) in [6, 6.07) is 20.3. The van der Waals surface area contributed by atoms with E-state index in [1.165, 1.54) is 0 Å². The van der Waals surface area contributed by atoms with E-state index in [0.29, 0.717) is 19.6 Å². The summed E-state index contributed by atoms with van der Waals surface area (Å²) < 4.78 is 8.31. The summed E-state index contributed by atoms with van der Waals surface area (Å²) in [6.07, 6.45) is 4.02. The van der Waals surface area contributed by atoms with Crippen LogP contribution < -0.4 is 10.1 Å². The molecule has 1 N–H and O–H groups in total. The summed E-state index contributed by atoms with van der Waals surface area (Å²) in [5, 5.41) is 3.87. The average molecular weight is 518 g/mol. The van der Waals surface area contributed by atoms with Crippen LogP contribution in [0.25, 0.3) is 11.0 Å². The van der Waals surface area contributed by atoms with Gasteiger partial charge in [0.05, 0.1) is 24.1 Å². The van der Waals surface area contributed by atoms with Crippen molar-refractivity contribution < 1.29 is 9.53 Å². The number of rotatable bonds is 12. The molecule has 3 aromatic carbocycles. The highest BCUT2D eigenvalue weighted by atomic mass is 35.5. The number of aromatic nitrogens is 2. The van der Waals surface area contributed by atoms with Gasteiger partial charge in [-0.15, -0.1) is 0 Å². The lowest BCUT2D eigenvalue weighted by Crippen LogP contribution is -2.26. The van der Waals surface area contributed by atoms with E-state index in [9.17, 15) is 4.79 Å². The standard InChI is InChI=1S/C31H36ClN3O2/c1-22-11-4-5-12-25(22)21-30(36)33-16-10-15-29-34-27-13-6-7-14-28(27)35(29)17-8-9-18-37-26-19-23(2)31(32)24(3)20-26/h4-7,11-14,19-20H,8-10,15-18,21H2,1-3H3,(H,33,36). The third kappa shape index (κ3) is 7.14. The second kappa shape index (κ2) is 12.8. The number of carbonyl (C=O) groups excluding carboxylic acids is 1. The number of hydrogen-bond donors (Lipinski definition) is 1. The zero-order valence-electron chi connectivity index (χ0n) is 22.0. The monoisotopic (exact) mass is 517 g/mol. The molecule has 6 heteroatoms. The molecule has 0 fully saturated rings. The van der Waals surface area contributed by atoms with E-state index in [2.05, 4.69) is 28.1 Å². The SMILES string of the molecule is Cc1ccccc1CC(=O)NCCCc1nc2ccccc2n1CCCCOc1cc(C)c(Cl)c(C)c1. The Balaban J connectivity index is 1.27. The quantitative estimate of drug-likeness (QED) is 0.211. The van der Waals surface area contributed by atoms with Gasteiger partial charge in [0.2, 0.25) is 5.91 Å². The minimum Gasteiger partial charge on any atom is -0.494 e. The molecule has 0 aliphatic heterocycles. The largest absolute Gasteiger partial charge is 0.494 e. The number of benzene rings is 3. The molecule has 0 saturated carbocycles. The van der Waals surface area contributed by atoms with Gasteiger partial charge in [-0.3, -0.25) is 4.79 Å². The molecule has 0 aliphatic rings. The number of ether oxygens (including phenoxy) is 1. The summed E-state index contributed by atoms with van der Waals surface area (Å²) >= 11 is 6.27. The van der Waals surface area contributed by atoms with Gasteiger partial charge in [0.1, 0.15) is 11.6 Å². The first-order chi connectivity index (χ1) is 17.9. The molecule has 0 saturated heterocycles. The molecule has 5 nitrogen and oxygen atoms in total. The first-order valence-electron chi connectivity index (χ1n) is 13.1. The van der Waals surface area contributed by atoms with Crippen molar-refractivity contribution in [2.75, 3.05) is 13.2 Å². The molecule has 194 valence electrons. The van der Waals surface area contributed by atoms with Gasteiger partial charge < -0.3 is 14.6 Å². The molecule has 1 heterocycles. The maximum Gasteiger partial charge on any atom is 0.224 e. The zero-order valence-corrected chi connectivity index (χ0v) is 22.8. The fraction of sp³-hybridized carbons (Fsp3) is 0.355. The molecule has 0 unspecified atom stereocenters. The Morgan fingerprint density at radius 1 is 0.946 bits per heavy atom. The first-order valence-corrected chi connectivity index (χ1v) is 13.4. The lowest BCUT2D eigenvalue weighted by atomic mass is 10.1. The fourth-order valence-corrected chi connectivity index (χ4v) is 4.74. The topological polar surface area (TPSA) is 56.2 Å². The Kier molecular flexibility index (Phi) is 9.24. The predicted molar refractivity (Wildman–Crippen MR) is 152 cm³/mol. The molecule has 4 rings (SSSR count). The van der Waals surface area contributed by atoms with Gasteiger partial charge in [0, 0.05) is 24.5 Å². The third-order valence-electron chi connectivity index (χ3n) is 6.70. The minimum absolute atomic E-state index is 0.0638. The molecule has 0 atom stereocenters. The maximum absolute atomic E-state index is 12.4. The van der Waals surface area contributed by atoms with Gasteiger partial charge in [-0.1, -0.05) is 48.0 Å². The zero-order chi connectivity index (χ0) is 26.2. The van der Waals surface area contributed by atoms with Crippen LogP contribution >= 0.6 is 11.6 Å². The molecular weight excluding hydrogens is 482 g/mol. The van der Waals surface area contributed by atoms with Crippen molar-refractivity contribution in [1.29, 1.82) is 0 Å². The number of aryl methyl sites for hydroxylation is 5. The number of unbranched alkanes of at least 4 members (excludes halogenated alkanes) is 1. The van der Waals surface area contributed by atoms with Crippen LogP contribution in [-0.4, -0.2) is 28.6 Å². The number of carbonyl (C=O) groups is 1. The minimum atomic E-state index is 0.0638. The fourth-order valence-electron chi connectivity index (χ4n) is 4.64. The highest BCUT2D eigenvalue weighted by molar-refractivity contribution is 6.32. The Bertz CT molecular complexity index is 1340. The van der Waals surface area contributed by atoms with Crippen LogP contribution in [-0.2, 0) is 24.2 Å². The number of para-hydroxylation sites is 2. The second-order valence-corrected chi connectivity index (χ2v) is 10.0. The van der Waals surface area contributed by atoms with Crippen molar-refractivity contribution in [1.82, 2.24) is 14.9 Å². The van der Waals surface area contributed by atoms with E-state index in [1.807, 2.05) is 63.2 Å². The van der Waals surface area contributed by atoms with E-state index in [0.717, 1.165) is 82.1 Å². The number of halogens is 1. The Morgan fingerprint density at radius 2 is 1.68 bits per heavy atom. The molecule has 0 bridgehead atoms. The molecule has 4 aromatic rings. The van der Waals surface area contributed by atoms with E-state index in [1.54, 1.807) is 0 Å². The number of amides is 1. The maximum atomic E-state index is 12.4.